The monoisotopic (exact) mass is 453 g/mol. The SMILES string of the molecule is O=C(c1cccc(S(=O)(=O)Nc2ccccc2F)c1)N1CCCCCC1c1ccncc1. The molecular weight excluding hydrogens is 429 g/mol. The molecule has 1 saturated heterocycles. The third kappa shape index (κ3) is 4.80. The first kappa shape index (κ1) is 22.0. The fraction of sp³-hybridized carbons (Fsp3) is 0.250. The van der Waals surface area contributed by atoms with Crippen LogP contribution < -0.4 is 4.72 Å². The van der Waals surface area contributed by atoms with Gasteiger partial charge in [-0.25, -0.2) is 12.8 Å². The van der Waals surface area contributed by atoms with Crippen LogP contribution in [0.4, 0.5) is 10.1 Å². The molecule has 0 bridgehead atoms. The van der Waals surface area contributed by atoms with Crippen molar-refractivity contribution < 1.29 is 17.6 Å². The summed E-state index contributed by atoms with van der Waals surface area (Å²) in [4.78, 5) is 19.3. The highest BCUT2D eigenvalue weighted by molar-refractivity contribution is 7.92. The highest BCUT2D eigenvalue weighted by atomic mass is 32.2. The lowest BCUT2D eigenvalue weighted by molar-refractivity contribution is 0.0680. The second-order valence-electron chi connectivity index (χ2n) is 7.76. The molecule has 6 nitrogen and oxygen atoms in total. The van der Waals surface area contributed by atoms with Gasteiger partial charge in [-0.2, -0.15) is 0 Å². The van der Waals surface area contributed by atoms with Gasteiger partial charge in [0.25, 0.3) is 15.9 Å². The van der Waals surface area contributed by atoms with Gasteiger partial charge < -0.3 is 4.90 Å². The normalized spacial score (nSPS) is 16.9. The molecular formula is C24H24FN3O3S. The van der Waals surface area contributed by atoms with Crippen LogP contribution in [0, 0.1) is 5.82 Å². The van der Waals surface area contributed by atoms with E-state index in [0.717, 1.165) is 31.2 Å². The van der Waals surface area contributed by atoms with Crippen molar-refractivity contribution in [2.45, 2.75) is 36.6 Å². The second kappa shape index (κ2) is 9.48. The minimum Gasteiger partial charge on any atom is -0.332 e. The number of hydrogen-bond donors (Lipinski definition) is 1. The molecule has 0 saturated carbocycles. The van der Waals surface area contributed by atoms with E-state index in [2.05, 4.69) is 9.71 Å². The second-order valence-corrected chi connectivity index (χ2v) is 9.44. The van der Waals surface area contributed by atoms with E-state index in [1.807, 2.05) is 17.0 Å². The van der Waals surface area contributed by atoms with Crippen molar-refractivity contribution in [1.29, 1.82) is 0 Å². The van der Waals surface area contributed by atoms with E-state index in [-0.39, 0.29) is 28.1 Å². The number of hydrogen-bond acceptors (Lipinski definition) is 4. The Hall–Kier alpha value is -3.26. The topological polar surface area (TPSA) is 79.4 Å². The van der Waals surface area contributed by atoms with E-state index in [1.54, 1.807) is 24.5 Å². The Balaban J connectivity index is 1.63. The lowest BCUT2D eigenvalue weighted by atomic mass is 10.0. The van der Waals surface area contributed by atoms with Crippen LogP contribution >= 0.6 is 0 Å². The van der Waals surface area contributed by atoms with Gasteiger partial charge in [-0.1, -0.05) is 31.0 Å². The molecule has 0 radical (unpaired) electrons. The summed E-state index contributed by atoms with van der Waals surface area (Å²) in [5, 5.41) is 0. The average Bonchev–Trinajstić information content (AvgIpc) is 3.07. The molecule has 1 atom stereocenters. The standard InChI is InChI=1S/C24H24FN3O3S/c25-21-9-3-4-10-22(21)27-32(30,31)20-8-6-7-19(17-20)24(29)28-16-5-1-2-11-23(28)18-12-14-26-15-13-18/h3-4,6-10,12-15,17,23,27H,1-2,5,11,16H2. The number of aromatic nitrogens is 1. The van der Waals surface area contributed by atoms with E-state index in [0.29, 0.717) is 6.54 Å². The quantitative estimate of drug-likeness (QED) is 0.603. The summed E-state index contributed by atoms with van der Waals surface area (Å²) < 4.78 is 41.9. The van der Waals surface area contributed by atoms with Gasteiger partial charge >= 0.3 is 0 Å². The molecule has 1 aromatic heterocycles. The molecule has 1 N–H and O–H groups in total. The van der Waals surface area contributed by atoms with Crippen LogP contribution in [0.5, 0.6) is 0 Å². The Morgan fingerprint density at radius 1 is 1.00 bits per heavy atom. The number of amides is 1. The van der Waals surface area contributed by atoms with Crippen LogP contribution in [-0.2, 0) is 10.0 Å². The van der Waals surface area contributed by atoms with E-state index in [4.69, 9.17) is 0 Å². The van der Waals surface area contributed by atoms with Crippen molar-refractivity contribution >= 4 is 21.6 Å². The van der Waals surface area contributed by atoms with E-state index >= 15 is 0 Å². The zero-order valence-electron chi connectivity index (χ0n) is 17.4. The van der Waals surface area contributed by atoms with Gasteiger partial charge in [0.2, 0.25) is 0 Å². The Kier molecular flexibility index (Phi) is 6.50. The van der Waals surface area contributed by atoms with Crippen molar-refractivity contribution in [1.82, 2.24) is 9.88 Å². The number of para-hydroxylation sites is 1. The fourth-order valence-electron chi connectivity index (χ4n) is 3.99. The zero-order chi connectivity index (χ0) is 22.6. The summed E-state index contributed by atoms with van der Waals surface area (Å²) >= 11 is 0. The van der Waals surface area contributed by atoms with Gasteiger partial charge in [0, 0.05) is 24.5 Å². The first-order valence-electron chi connectivity index (χ1n) is 10.5. The zero-order valence-corrected chi connectivity index (χ0v) is 18.3. The smallest absolute Gasteiger partial charge is 0.262 e. The number of nitrogens with zero attached hydrogens (tertiary/aromatic N) is 2. The van der Waals surface area contributed by atoms with Crippen LogP contribution in [0.15, 0.2) is 78.0 Å². The fourth-order valence-corrected chi connectivity index (χ4v) is 5.11. The number of anilines is 1. The van der Waals surface area contributed by atoms with Crippen molar-refractivity contribution in [3.63, 3.8) is 0 Å². The van der Waals surface area contributed by atoms with Crippen LogP contribution in [-0.4, -0.2) is 30.8 Å². The van der Waals surface area contributed by atoms with Gasteiger partial charge in [0.05, 0.1) is 16.6 Å². The maximum Gasteiger partial charge on any atom is 0.262 e. The lowest BCUT2D eigenvalue weighted by Crippen LogP contribution is -2.35. The third-order valence-electron chi connectivity index (χ3n) is 5.61. The predicted octanol–water partition coefficient (Wildman–Crippen LogP) is 4.78. The van der Waals surface area contributed by atoms with Gasteiger partial charge in [-0.15, -0.1) is 0 Å². The molecule has 0 spiro atoms. The van der Waals surface area contributed by atoms with Crippen LogP contribution in [0.2, 0.25) is 0 Å². The summed E-state index contributed by atoms with van der Waals surface area (Å²) in [6.45, 7) is 0.594. The Morgan fingerprint density at radius 2 is 1.78 bits per heavy atom. The summed E-state index contributed by atoms with van der Waals surface area (Å²) in [5.41, 5.74) is 1.15. The number of pyridine rings is 1. The van der Waals surface area contributed by atoms with E-state index in [1.165, 1.54) is 36.4 Å². The molecule has 0 aliphatic carbocycles. The molecule has 166 valence electrons. The van der Waals surface area contributed by atoms with Gasteiger partial charge in [-0.05, 0) is 60.9 Å². The number of benzene rings is 2. The van der Waals surface area contributed by atoms with Gasteiger partial charge in [0.15, 0.2) is 0 Å². The number of carbonyl (C=O) groups is 1. The molecule has 1 unspecified atom stereocenters. The molecule has 3 aromatic rings. The van der Waals surface area contributed by atoms with Crippen LogP contribution in [0.1, 0.15) is 47.6 Å². The minimum absolute atomic E-state index is 0.0928. The number of likely N-dealkylation sites (tertiary alicyclic amines) is 1. The third-order valence-corrected chi connectivity index (χ3v) is 6.98. The summed E-state index contributed by atoms with van der Waals surface area (Å²) in [6, 6.07) is 15.2. The van der Waals surface area contributed by atoms with Crippen LogP contribution in [0.3, 0.4) is 0 Å². The number of nitrogens with one attached hydrogen (secondary N) is 1. The average molecular weight is 454 g/mol. The number of carbonyl (C=O) groups excluding carboxylic acids is 1. The molecule has 32 heavy (non-hydrogen) atoms. The Labute approximate surface area is 187 Å². The molecule has 4 rings (SSSR count). The molecule has 1 aliphatic rings. The molecule has 8 heteroatoms. The number of sulfonamides is 1. The van der Waals surface area contributed by atoms with Crippen molar-refractivity contribution in [2.75, 3.05) is 11.3 Å². The number of rotatable bonds is 5. The predicted molar refractivity (Wildman–Crippen MR) is 120 cm³/mol. The maximum atomic E-state index is 13.9. The van der Waals surface area contributed by atoms with Gasteiger partial charge in [-0.3, -0.25) is 14.5 Å². The highest BCUT2D eigenvalue weighted by Crippen LogP contribution is 2.31. The first-order chi connectivity index (χ1) is 15.5. The number of halogens is 1. The molecule has 1 amide bonds. The Morgan fingerprint density at radius 3 is 2.56 bits per heavy atom. The molecule has 2 heterocycles. The van der Waals surface area contributed by atoms with Crippen molar-refractivity contribution in [3.05, 3.63) is 90.0 Å². The first-order valence-corrected chi connectivity index (χ1v) is 12.0. The van der Waals surface area contributed by atoms with Crippen molar-refractivity contribution in [2.24, 2.45) is 0 Å². The van der Waals surface area contributed by atoms with E-state index in [9.17, 15) is 17.6 Å². The Bertz CT molecular complexity index is 1200. The molecule has 1 fully saturated rings. The molecule has 2 aromatic carbocycles. The van der Waals surface area contributed by atoms with Gasteiger partial charge in [0.1, 0.15) is 5.82 Å². The van der Waals surface area contributed by atoms with E-state index < -0.39 is 15.8 Å². The largest absolute Gasteiger partial charge is 0.332 e. The minimum atomic E-state index is -4.06. The maximum absolute atomic E-state index is 13.9. The summed E-state index contributed by atoms with van der Waals surface area (Å²) in [6.07, 6.45) is 7.20. The summed E-state index contributed by atoms with van der Waals surface area (Å²) in [7, 11) is -4.06. The summed E-state index contributed by atoms with van der Waals surface area (Å²) in [5.74, 6) is -0.898. The highest BCUT2D eigenvalue weighted by Gasteiger charge is 2.28. The van der Waals surface area contributed by atoms with Crippen molar-refractivity contribution in [3.8, 4) is 0 Å². The van der Waals surface area contributed by atoms with Crippen LogP contribution in [0.25, 0.3) is 0 Å². The molecule has 1 aliphatic heterocycles. The lowest BCUT2D eigenvalue weighted by Gasteiger charge is -2.30.